The minimum Gasteiger partial charge on any atom is -0.491 e. The summed E-state index contributed by atoms with van der Waals surface area (Å²) in [5.74, 6) is -3.77. The van der Waals surface area contributed by atoms with Gasteiger partial charge in [-0.05, 0) is 121 Å². The molecular formula is C48H59F3N6O9S. The van der Waals surface area contributed by atoms with Crippen LogP contribution in [0.1, 0.15) is 93.4 Å². The number of pyridine rings is 2. The third-order valence-electron chi connectivity index (χ3n) is 13.6. The van der Waals surface area contributed by atoms with Crippen LogP contribution in [0.3, 0.4) is 0 Å². The normalized spacial score (nSPS) is 26.6. The molecule has 2 aromatic heterocycles. The Morgan fingerprint density at radius 1 is 0.985 bits per heavy atom. The van der Waals surface area contributed by atoms with Crippen molar-refractivity contribution >= 4 is 33.8 Å². The Morgan fingerprint density at radius 2 is 1.61 bits per heavy atom. The van der Waals surface area contributed by atoms with Crippen LogP contribution in [-0.2, 0) is 24.4 Å². The van der Waals surface area contributed by atoms with Crippen LogP contribution in [0.25, 0.3) is 22.5 Å². The quantitative estimate of drug-likeness (QED) is 0.161. The number of aromatic nitrogens is 2. The van der Waals surface area contributed by atoms with E-state index in [1.807, 2.05) is 39.0 Å². The van der Waals surface area contributed by atoms with Crippen LogP contribution in [0.2, 0.25) is 0 Å². The zero-order chi connectivity index (χ0) is 48.9. The Hall–Kier alpha value is -5.72. The van der Waals surface area contributed by atoms with Gasteiger partial charge in [0.2, 0.25) is 21.8 Å². The maximum Gasteiger partial charge on any atom is 0.411 e. The zero-order valence-electron chi connectivity index (χ0n) is 38.7. The van der Waals surface area contributed by atoms with E-state index in [2.05, 4.69) is 15.0 Å². The van der Waals surface area contributed by atoms with Crippen LogP contribution in [0.5, 0.6) is 11.5 Å². The molecule has 4 amide bonds. The number of rotatable bonds is 11. The highest BCUT2D eigenvalue weighted by atomic mass is 32.2. The first-order valence-corrected chi connectivity index (χ1v) is 24.2. The van der Waals surface area contributed by atoms with E-state index < -0.39 is 85.9 Å². The van der Waals surface area contributed by atoms with Crippen LogP contribution < -0.4 is 19.5 Å². The first-order valence-electron chi connectivity index (χ1n) is 22.7. The fraction of sp³-hybridized carbons (Fsp3) is 0.542. The molecule has 19 heteroatoms. The summed E-state index contributed by atoms with van der Waals surface area (Å²) in [5.41, 5.74) is -2.42. The summed E-state index contributed by atoms with van der Waals surface area (Å²) >= 11 is 0. The topological polar surface area (TPSA) is 197 Å². The predicted molar refractivity (Wildman–Crippen MR) is 242 cm³/mol. The first-order chi connectivity index (χ1) is 31.4. The van der Waals surface area contributed by atoms with Gasteiger partial charge in [0.15, 0.2) is 0 Å². The van der Waals surface area contributed by atoms with Gasteiger partial charge in [-0.2, -0.15) is 13.2 Å². The number of allylic oxidation sites excluding steroid dienone is 1. The number of hydrogen-bond acceptors (Lipinski definition) is 10. The highest BCUT2D eigenvalue weighted by Crippen LogP contribution is 2.48. The summed E-state index contributed by atoms with van der Waals surface area (Å²) in [4.78, 5) is 67.5. The summed E-state index contributed by atoms with van der Waals surface area (Å²) in [7, 11) is -4.15. The van der Waals surface area contributed by atoms with E-state index in [0.29, 0.717) is 67.8 Å². The number of benzene rings is 1. The Bertz CT molecular complexity index is 2500. The van der Waals surface area contributed by atoms with E-state index in [1.165, 1.54) is 13.8 Å². The number of halogens is 3. The van der Waals surface area contributed by atoms with Gasteiger partial charge in [-0.3, -0.25) is 29.0 Å². The third kappa shape index (κ3) is 10.3. The van der Waals surface area contributed by atoms with Gasteiger partial charge in [0, 0.05) is 48.0 Å². The molecule has 0 bridgehead atoms. The second kappa shape index (κ2) is 18.4. The van der Waals surface area contributed by atoms with Crippen LogP contribution in [0.4, 0.5) is 18.0 Å². The number of sulfonamides is 1. The summed E-state index contributed by atoms with van der Waals surface area (Å²) in [6, 6.07) is 10.7. The van der Waals surface area contributed by atoms with Crippen LogP contribution in [0, 0.1) is 17.8 Å². The van der Waals surface area contributed by atoms with Crippen molar-refractivity contribution in [3.8, 4) is 34.0 Å². The molecule has 2 saturated carbocycles. The molecule has 0 unspecified atom stereocenters. The minimum absolute atomic E-state index is 0.0395. The van der Waals surface area contributed by atoms with Crippen molar-refractivity contribution in [2.45, 2.75) is 140 Å². The number of hydrogen-bond donors (Lipinski definition) is 3. The number of amides is 4. The molecule has 7 atom stereocenters. The molecule has 1 aromatic carbocycles. The van der Waals surface area contributed by atoms with Crippen molar-refractivity contribution in [1.82, 2.24) is 29.8 Å². The lowest BCUT2D eigenvalue weighted by Crippen LogP contribution is -2.66. The molecule has 0 radical (unpaired) electrons. The lowest BCUT2D eigenvalue weighted by molar-refractivity contribution is -0.222. The fourth-order valence-corrected chi connectivity index (χ4v) is 10.5. The van der Waals surface area contributed by atoms with Crippen molar-refractivity contribution in [3.63, 3.8) is 0 Å². The minimum atomic E-state index is -5.11. The molecule has 2 aliphatic heterocycles. The Kier molecular flexibility index (Phi) is 13.5. The SMILES string of the molecule is CC(C)Oc1ccc(-c2cc(O[C@@H]3C[C@H]4C(=O)N[C@]5(C(=O)NS(=O)(=O)C6(C)CC6)C[C@H]5C=CCC[C@@H](C)C[C@@H](C)[C@H](N(C(=O)O)C(C)(C)C(F)(F)F)C(=O)N4C3)cc(-c3ccncc3)n2)cc1. The third-order valence-corrected chi connectivity index (χ3v) is 15.7. The number of nitrogens with zero attached hydrogens (tertiary/aromatic N) is 4. The van der Waals surface area contributed by atoms with Gasteiger partial charge >= 0.3 is 12.3 Å². The Labute approximate surface area is 388 Å². The maximum absolute atomic E-state index is 15.2. The second-order valence-corrected chi connectivity index (χ2v) is 21.8. The average Bonchev–Trinajstić information content (AvgIpc) is 4.13. The summed E-state index contributed by atoms with van der Waals surface area (Å²) < 4.78 is 84.8. The number of nitrogens with one attached hydrogen (secondary N) is 2. The Morgan fingerprint density at radius 3 is 2.19 bits per heavy atom. The molecule has 4 aliphatic rings. The van der Waals surface area contributed by atoms with E-state index in [0.717, 1.165) is 4.90 Å². The zero-order valence-corrected chi connectivity index (χ0v) is 39.5. The smallest absolute Gasteiger partial charge is 0.411 e. The number of alkyl halides is 3. The first kappa shape index (κ1) is 49.2. The molecule has 67 heavy (non-hydrogen) atoms. The predicted octanol–water partition coefficient (Wildman–Crippen LogP) is 7.52. The van der Waals surface area contributed by atoms with E-state index in [1.54, 1.807) is 54.9 Å². The standard InChI is InChI=1S/C48H59F3N6O9S/c1-28(2)65-34-14-12-31(13-15-34)37-23-35(24-38(53-37)32-16-20-52-21-17-32)66-36-25-39-41(58)54-47(43(60)55-67(63,64)46(7)18-19-46)26-33(47)11-9-8-10-29(3)22-30(4)40(42(59)56(39)27-36)57(44(61)62)45(5,6)48(49,50)51/h9,11-17,20-21,23-24,28-30,33,36,39-40H,8,10,18-19,22,25-27H2,1-7H3,(H,54,58)(H,55,60)(H,61,62)/t29-,30-,33-,36-,39+,40+,47-/m1/s1. The lowest BCUT2D eigenvalue weighted by Gasteiger charge is -2.45. The second-order valence-electron chi connectivity index (χ2n) is 19.6. The molecule has 362 valence electrons. The molecule has 15 nitrogen and oxygen atoms in total. The van der Waals surface area contributed by atoms with Crippen molar-refractivity contribution < 1.29 is 55.3 Å². The molecule has 7 rings (SSSR count). The van der Waals surface area contributed by atoms with Gasteiger partial charge in [-0.15, -0.1) is 0 Å². The van der Waals surface area contributed by atoms with Gasteiger partial charge < -0.3 is 24.8 Å². The van der Waals surface area contributed by atoms with Gasteiger partial charge in [0.05, 0.1) is 28.8 Å². The highest BCUT2D eigenvalue weighted by molar-refractivity contribution is 7.91. The van der Waals surface area contributed by atoms with Crippen molar-refractivity contribution in [1.29, 1.82) is 0 Å². The van der Waals surface area contributed by atoms with E-state index in [4.69, 9.17) is 14.5 Å². The number of carboxylic acid groups (broad SMARTS) is 1. The van der Waals surface area contributed by atoms with Crippen LogP contribution in [0.15, 0.2) is 73.1 Å². The van der Waals surface area contributed by atoms with E-state index in [-0.39, 0.29) is 48.5 Å². The molecule has 1 saturated heterocycles. The average molecular weight is 953 g/mol. The molecule has 2 aliphatic carbocycles. The van der Waals surface area contributed by atoms with Crippen molar-refractivity contribution in [2.75, 3.05) is 6.54 Å². The van der Waals surface area contributed by atoms with Crippen LogP contribution in [-0.4, -0.2) is 110 Å². The van der Waals surface area contributed by atoms with Crippen LogP contribution >= 0.6 is 0 Å². The molecular weight excluding hydrogens is 894 g/mol. The van der Waals surface area contributed by atoms with Gasteiger partial charge in [0.25, 0.3) is 5.91 Å². The fourth-order valence-electron chi connectivity index (χ4n) is 9.15. The monoisotopic (exact) mass is 952 g/mol. The van der Waals surface area contributed by atoms with Crippen molar-refractivity contribution in [2.24, 2.45) is 17.8 Å². The summed E-state index contributed by atoms with van der Waals surface area (Å²) in [6.45, 7) is 9.75. The molecule has 0 spiro atoms. The molecule has 3 fully saturated rings. The van der Waals surface area contributed by atoms with E-state index >= 15 is 4.79 Å². The Balaban J connectivity index is 1.30. The number of carbonyl (C=O) groups is 4. The molecule has 3 N–H and O–H groups in total. The largest absolute Gasteiger partial charge is 0.491 e. The van der Waals surface area contributed by atoms with Crippen molar-refractivity contribution in [3.05, 3.63) is 73.1 Å². The maximum atomic E-state index is 15.2. The van der Waals surface area contributed by atoms with Gasteiger partial charge in [-0.25, -0.2) is 18.2 Å². The molecule has 4 heterocycles. The summed E-state index contributed by atoms with van der Waals surface area (Å²) in [6.07, 6.45) is 0.203. The summed E-state index contributed by atoms with van der Waals surface area (Å²) in [5, 5.41) is 13.4. The number of fused-ring (bicyclic) bond motifs is 2. The number of ether oxygens (including phenoxy) is 2. The molecule has 3 aromatic rings. The van der Waals surface area contributed by atoms with E-state index in [9.17, 15) is 41.1 Å². The van der Waals surface area contributed by atoms with Gasteiger partial charge in [-0.1, -0.05) is 26.0 Å². The number of carbonyl (C=O) groups excluding carboxylic acids is 3. The van der Waals surface area contributed by atoms with Gasteiger partial charge in [0.1, 0.15) is 40.8 Å². The lowest BCUT2D eigenvalue weighted by atomic mass is 9.85. The highest BCUT2D eigenvalue weighted by Gasteiger charge is 2.64.